The number of amides is 1. The first-order valence-electron chi connectivity index (χ1n) is 7.62. The molecule has 8 heteroatoms. The van der Waals surface area contributed by atoms with Crippen molar-refractivity contribution in [1.82, 2.24) is 15.3 Å². The number of nitrogens with one attached hydrogen (secondary N) is 2. The SMILES string of the molecule is C#CCNC(=O)CSc1nc2sc(C)c(-c3ccc(F)cc3)c2c(=O)[nH]1. The smallest absolute Gasteiger partial charge is 0.260 e. The molecule has 0 spiro atoms. The molecule has 26 heavy (non-hydrogen) atoms. The number of hydrogen-bond donors (Lipinski definition) is 2. The van der Waals surface area contributed by atoms with Gasteiger partial charge in [0.25, 0.3) is 5.56 Å². The fourth-order valence-corrected chi connectivity index (χ4v) is 4.26. The lowest BCUT2D eigenvalue weighted by molar-refractivity contribution is -0.118. The first-order chi connectivity index (χ1) is 12.5. The summed E-state index contributed by atoms with van der Waals surface area (Å²) < 4.78 is 13.2. The van der Waals surface area contributed by atoms with E-state index < -0.39 is 0 Å². The largest absolute Gasteiger partial charge is 0.344 e. The zero-order valence-corrected chi connectivity index (χ0v) is 15.4. The molecular weight excluding hydrogens is 373 g/mol. The fourth-order valence-electron chi connectivity index (χ4n) is 2.47. The third-order valence-corrected chi connectivity index (χ3v) is 5.45. The van der Waals surface area contributed by atoms with Crippen LogP contribution in [-0.4, -0.2) is 28.2 Å². The molecule has 3 rings (SSSR count). The van der Waals surface area contributed by atoms with E-state index in [0.29, 0.717) is 15.4 Å². The van der Waals surface area contributed by atoms with Gasteiger partial charge in [-0.2, -0.15) is 0 Å². The van der Waals surface area contributed by atoms with Crippen LogP contribution < -0.4 is 10.9 Å². The van der Waals surface area contributed by atoms with Gasteiger partial charge in [0, 0.05) is 10.4 Å². The standard InChI is InChI=1S/C18H14FN3O2S2/c1-3-8-20-13(23)9-25-18-21-16(24)15-14(10(2)26-17(15)22-18)11-4-6-12(19)7-5-11/h1,4-7H,8-9H2,2H3,(H,20,23)(H,21,22,24). The van der Waals surface area contributed by atoms with Crippen LogP contribution in [0, 0.1) is 25.1 Å². The maximum absolute atomic E-state index is 13.2. The predicted molar refractivity (Wildman–Crippen MR) is 103 cm³/mol. The molecule has 1 aromatic carbocycles. The van der Waals surface area contributed by atoms with Gasteiger partial charge in [0.2, 0.25) is 5.91 Å². The molecule has 3 aromatic rings. The van der Waals surface area contributed by atoms with Gasteiger partial charge in [-0.25, -0.2) is 9.37 Å². The summed E-state index contributed by atoms with van der Waals surface area (Å²) in [6.45, 7) is 2.05. The molecule has 0 aliphatic heterocycles. The van der Waals surface area contributed by atoms with Crippen molar-refractivity contribution in [2.75, 3.05) is 12.3 Å². The van der Waals surface area contributed by atoms with Crippen molar-refractivity contribution >= 4 is 39.2 Å². The van der Waals surface area contributed by atoms with Crippen LogP contribution in [0.1, 0.15) is 4.88 Å². The van der Waals surface area contributed by atoms with Crippen LogP contribution in [0.25, 0.3) is 21.3 Å². The van der Waals surface area contributed by atoms with E-state index in [1.807, 2.05) is 6.92 Å². The number of thioether (sulfide) groups is 1. The second-order valence-corrected chi connectivity index (χ2v) is 7.53. The highest BCUT2D eigenvalue weighted by Crippen LogP contribution is 2.36. The van der Waals surface area contributed by atoms with E-state index >= 15 is 0 Å². The van der Waals surface area contributed by atoms with E-state index in [0.717, 1.165) is 27.8 Å². The van der Waals surface area contributed by atoms with Crippen molar-refractivity contribution in [1.29, 1.82) is 0 Å². The summed E-state index contributed by atoms with van der Waals surface area (Å²) >= 11 is 2.52. The van der Waals surface area contributed by atoms with E-state index in [1.165, 1.54) is 23.5 Å². The molecule has 0 unspecified atom stereocenters. The first-order valence-corrected chi connectivity index (χ1v) is 9.42. The normalized spacial score (nSPS) is 10.7. The van der Waals surface area contributed by atoms with Crippen molar-refractivity contribution in [3.8, 4) is 23.5 Å². The third kappa shape index (κ3) is 3.79. The molecule has 132 valence electrons. The van der Waals surface area contributed by atoms with Gasteiger partial charge in [-0.05, 0) is 24.6 Å². The Labute approximate surface area is 157 Å². The second-order valence-electron chi connectivity index (χ2n) is 5.36. The molecule has 5 nitrogen and oxygen atoms in total. The molecule has 0 saturated heterocycles. The minimum atomic E-state index is -0.334. The van der Waals surface area contributed by atoms with Crippen molar-refractivity contribution in [3.05, 3.63) is 45.3 Å². The third-order valence-electron chi connectivity index (χ3n) is 3.58. The summed E-state index contributed by atoms with van der Waals surface area (Å²) in [4.78, 5) is 32.9. The maximum atomic E-state index is 13.2. The number of aromatic amines is 1. The van der Waals surface area contributed by atoms with Gasteiger partial charge in [-0.3, -0.25) is 9.59 Å². The van der Waals surface area contributed by atoms with Gasteiger partial charge in [0.15, 0.2) is 5.16 Å². The molecule has 0 radical (unpaired) electrons. The number of carbonyl (C=O) groups excluding carboxylic acids is 1. The summed E-state index contributed by atoms with van der Waals surface area (Å²) in [5.41, 5.74) is 1.23. The second kappa shape index (κ2) is 7.72. The topological polar surface area (TPSA) is 74.8 Å². The van der Waals surface area contributed by atoms with Gasteiger partial charge in [0.05, 0.1) is 17.7 Å². The molecule has 0 aliphatic rings. The van der Waals surface area contributed by atoms with Crippen LogP contribution in [-0.2, 0) is 4.79 Å². The van der Waals surface area contributed by atoms with Crippen molar-refractivity contribution < 1.29 is 9.18 Å². The van der Waals surface area contributed by atoms with Crippen molar-refractivity contribution in [3.63, 3.8) is 0 Å². The number of halogens is 1. The van der Waals surface area contributed by atoms with Gasteiger partial charge in [-0.15, -0.1) is 17.8 Å². The lowest BCUT2D eigenvalue weighted by Crippen LogP contribution is -2.25. The fraction of sp³-hybridized carbons (Fsp3) is 0.167. The molecule has 1 amide bonds. The molecule has 0 atom stereocenters. The van der Waals surface area contributed by atoms with Crippen LogP contribution >= 0.6 is 23.1 Å². The monoisotopic (exact) mass is 387 g/mol. The zero-order valence-electron chi connectivity index (χ0n) is 13.8. The van der Waals surface area contributed by atoms with Gasteiger partial charge in [-0.1, -0.05) is 29.8 Å². The number of fused-ring (bicyclic) bond motifs is 1. The molecule has 2 heterocycles. The Morgan fingerprint density at radius 1 is 1.42 bits per heavy atom. The molecule has 0 saturated carbocycles. The van der Waals surface area contributed by atoms with Crippen LogP contribution in [0.4, 0.5) is 4.39 Å². The van der Waals surface area contributed by atoms with Gasteiger partial charge >= 0.3 is 0 Å². The zero-order chi connectivity index (χ0) is 18.7. The lowest BCUT2D eigenvalue weighted by atomic mass is 10.0. The van der Waals surface area contributed by atoms with E-state index in [2.05, 4.69) is 21.2 Å². The minimum absolute atomic E-state index is 0.102. The highest BCUT2D eigenvalue weighted by molar-refractivity contribution is 7.99. The summed E-state index contributed by atoms with van der Waals surface area (Å²) in [5.74, 6) is 1.86. The number of nitrogens with zero attached hydrogens (tertiary/aromatic N) is 1. The number of benzene rings is 1. The average molecular weight is 387 g/mol. The Balaban J connectivity index is 1.93. The lowest BCUT2D eigenvalue weighted by Gasteiger charge is -2.03. The molecule has 0 aliphatic carbocycles. The van der Waals surface area contributed by atoms with E-state index in [1.54, 1.807) is 12.1 Å². The Kier molecular flexibility index (Phi) is 5.40. The van der Waals surface area contributed by atoms with E-state index in [4.69, 9.17) is 6.42 Å². The Bertz CT molecular complexity index is 1060. The number of aromatic nitrogens is 2. The van der Waals surface area contributed by atoms with E-state index in [-0.39, 0.29) is 29.6 Å². The number of H-pyrrole nitrogens is 1. The summed E-state index contributed by atoms with van der Waals surface area (Å²) in [5, 5.41) is 3.39. The Morgan fingerprint density at radius 3 is 2.85 bits per heavy atom. The number of aryl methyl sites for hydroxylation is 1. The Morgan fingerprint density at radius 2 is 2.15 bits per heavy atom. The van der Waals surface area contributed by atoms with Crippen LogP contribution in [0.2, 0.25) is 0 Å². The van der Waals surface area contributed by atoms with Crippen molar-refractivity contribution in [2.45, 2.75) is 12.1 Å². The number of terminal acetylenes is 1. The van der Waals surface area contributed by atoms with Gasteiger partial charge < -0.3 is 10.3 Å². The number of rotatable bonds is 5. The molecule has 0 bridgehead atoms. The average Bonchev–Trinajstić information content (AvgIpc) is 2.95. The maximum Gasteiger partial charge on any atom is 0.260 e. The van der Waals surface area contributed by atoms with E-state index in [9.17, 15) is 14.0 Å². The minimum Gasteiger partial charge on any atom is -0.344 e. The van der Waals surface area contributed by atoms with Crippen LogP contribution in [0.3, 0.4) is 0 Å². The summed E-state index contributed by atoms with van der Waals surface area (Å²) in [6.07, 6.45) is 5.09. The summed E-state index contributed by atoms with van der Waals surface area (Å²) in [6, 6.07) is 6.00. The summed E-state index contributed by atoms with van der Waals surface area (Å²) in [7, 11) is 0. The predicted octanol–water partition coefficient (Wildman–Crippen LogP) is 2.94. The first kappa shape index (κ1) is 18.2. The van der Waals surface area contributed by atoms with Gasteiger partial charge in [0.1, 0.15) is 10.6 Å². The highest BCUT2D eigenvalue weighted by Gasteiger charge is 2.17. The van der Waals surface area contributed by atoms with Crippen LogP contribution in [0.15, 0.2) is 34.2 Å². The molecular formula is C18H14FN3O2S2. The molecule has 2 N–H and O–H groups in total. The molecule has 0 fully saturated rings. The molecule has 2 aromatic heterocycles. The number of carbonyl (C=O) groups is 1. The van der Waals surface area contributed by atoms with Crippen LogP contribution in [0.5, 0.6) is 0 Å². The number of thiophene rings is 1. The Hall–Kier alpha value is -2.63. The number of hydrogen-bond acceptors (Lipinski definition) is 5. The van der Waals surface area contributed by atoms with Crippen molar-refractivity contribution in [2.24, 2.45) is 0 Å². The highest BCUT2D eigenvalue weighted by atomic mass is 32.2. The quantitative estimate of drug-likeness (QED) is 0.401.